The van der Waals surface area contributed by atoms with Gasteiger partial charge in [-0.25, -0.2) is 0 Å². The molecule has 0 saturated carbocycles. The standard InChI is InChI=1S/C15H20ClNO2/c1-2-11-7-8-17(14(9-11)15(18)19)10-12-5-3-4-6-13(12)16/h3-6,11,14H,2,7-10H2,1H3,(H,18,19). The highest BCUT2D eigenvalue weighted by Gasteiger charge is 2.32. The van der Waals surface area contributed by atoms with Crippen molar-refractivity contribution in [1.82, 2.24) is 4.90 Å². The van der Waals surface area contributed by atoms with Crippen LogP contribution in [-0.4, -0.2) is 28.6 Å². The second-order valence-electron chi connectivity index (χ2n) is 5.21. The van der Waals surface area contributed by atoms with Crippen LogP contribution in [-0.2, 0) is 11.3 Å². The van der Waals surface area contributed by atoms with Gasteiger partial charge in [-0.3, -0.25) is 9.69 Å². The predicted octanol–water partition coefficient (Wildman–Crippen LogP) is 3.42. The van der Waals surface area contributed by atoms with Gasteiger partial charge < -0.3 is 5.11 Å². The van der Waals surface area contributed by atoms with Gasteiger partial charge in [-0.05, 0) is 36.9 Å². The molecule has 1 aliphatic rings. The molecular formula is C15H20ClNO2. The lowest BCUT2D eigenvalue weighted by Crippen LogP contribution is -2.46. The van der Waals surface area contributed by atoms with Crippen molar-refractivity contribution in [3.63, 3.8) is 0 Å². The molecule has 1 aromatic carbocycles. The highest BCUT2D eigenvalue weighted by atomic mass is 35.5. The zero-order valence-corrected chi connectivity index (χ0v) is 11.9. The zero-order chi connectivity index (χ0) is 13.8. The predicted molar refractivity (Wildman–Crippen MR) is 76.3 cm³/mol. The minimum absolute atomic E-state index is 0.380. The lowest BCUT2D eigenvalue weighted by molar-refractivity contribution is -0.145. The van der Waals surface area contributed by atoms with Gasteiger partial charge in [0.05, 0.1) is 0 Å². The van der Waals surface area contributed by atoms with Crippen LogP contribution in [0, 0.1) is 5.92 Å². The normalized spacial score (nSPS) is 24.3. The lowest BCUT2D eigenvalue weighted by Gasteiger charge is -2.37. The first-order valence-corrected chi connectivity index (χ1v) is 7.20. The summed E-state index contributed by atoms with van der Waals surface area (Å²) in [6.07, 6.45) is 2.88. The summed E-state index contributed by atoms with van der Waals surface area (Å²) in [5, 5.41) is 10.1. The molecule has 19 heavy (non-hydrogen) atoms. The summed E-state index contributed by atoms with van der Waals surface area (Å²) in [5.41, 5.74) is 1.00. The Morgan fingerprint density at radius 2 is 2.21 bits per heavy atom. The summed E-state index contributed by atoms with van der Waals surface area (Å²) in [6.45, 7) is 3.58. The van der Waals surface area contributed by atoms with Gasteiger partial charge in [-0.1, -0.05) is 43.1 Å². The van der Waals surface area contributed by atoms with Gasteiger partial charge in [0.2, 0.25) is 0 Å². The maximum Gasteiger partial charge on any atom is 0.320 e. The average molecular weight is 282 g/mol. The van der Waals surface area contributed by atoms with Crippen LogP contribution < -0.4 is 0 Å². The van der Waals surface area contributed by atoms with E-state index in [0.29, 0.717) is 17.5 Å². The molecule has 1 heterocycles. The molecule has 1 fully saturated rings. The summed E-state index contributed by atoms with van der Waals surface area (Å²) in [5.74, 6) is -0.186. The highest BCUT2D eigenvalue weighted by molar-refractivity contribution is 6.31. The first-order valence-electron chi connectivity index (χ1n) is 6.82. The van der Waals surface area contributed by atoms with E-state index >= 15 is 0 Å². The Morgan fingerprint density at radius 1 is 1.47 bits per heavy atom. The third-order valence-corrected chi connectivity index (χ3v) is 4.38. The van der Waals surface area contributed by atoms with Crippen molar-refractivity contribution in [2.24, 2.45) is 5.92 Å². The first-order chi connectivity index (χ1) is 9.11. The second-order valence-corrected chi connectivity index (χ2v) is 5.62. The van der Waals surface area contributed by atoms with Gasteiger partial charge in [0.1, 0.15) is 6.04 Å². The average Bonchev–Trinajstić information content (AvgIpc) is 2.41. The summed E-state index contributed by atoms with van der Waals surface area (Å²) in [4.78, 5) is 13.5. The van der Waals surface area contributed by atoms with Crippen LogP contribution in [0.2, 0.25) is 5.02 Å². The van der Waals surface area contributed by atoms with E-state index in [-0.39, 0.29) is 6.04 Å². The van der Waals surface area contributed by atoms with Crippen molar-refractivity contribution < 1.29 is 9.90 Å². The molecule has 0 spiro atoms. The topological polar surface area (TPSA) is 40.5 Å². The third-order valence-electron chi connectivity index (χ3n) is 4.02. The van der Waals surface area contributed by atoms with Crippen LogP contribution in [0.4, 0.5) is 0 Å². The molecule has 1 N–H and O–H groups in total. The molecule has 1 saturated heterocycles. The van der Waals surface area contributed by atoms with Crippen LogP contribution in [0.15, 0.2) is 24.3 Å². The number of piperidine rings is 1. The van der Waals surface area contributed by atoms with Crippen LogP contribution >= 0.6 is 11.6 Å². The maximum absolute atomic E-state index is 11.4. The van der Waals surface area contributed by atoms with Crippen molar-refractivity contribution in [2.45, 2.75) is 38.8 Å². The van der Waals surface area contributed by atoms with E-state index in [1.807, 2.05) is 29.2 Å². The maximum atomic E-state index is 11.4. The molecular weight excluding hydrogens is 262 g/mol. The molecule has 0 aromatic heterocycles. The number of rotatable bonds is 4. The van der Waals surface area contributed by atoms with Crippen LogP contribution in [0.1, 0.15) is 31.7 Å². The number of carbonyl (C=O) groups is 1. The Morgan fingerprint density at radius 3 is 2.84 bits per heavy atom. The Labute approximate surface area is 119 Å². The molecule has 2 rings (SSSR count). The number of carboxylic acids is 1. The smallest absolute Gasteiger partial charge is 0.320 e. The molecule has 0 radical (unpaired) electrons. The van der Waals surface area contributed by atoms with Crippen LogP contribution in [0.3, 0.4) is 0 Å². The van der Waals surface area contributed by atoms with E-state index in [4.69, 9.17) is 11.6 Å². The Balaban J connectivity index is 2.10. The molecule has 4 heteroatoms. The summed E-state index contributed by atoms with van der Waals surface area (Å²) in [6, 6.07) is 7.27. The second kappa shape index (κ2) is 6.40. The van der Waals surface area contributed by atoms with E-state index in [0.717, 1.165) is 31.4 Å². The summed E-state index contributed by atoms with van der Waals surface area (Å²) < 4.78 is 0. The number of hydrogen-bond donors (Lipinski definition) is 1. The van der Waals surface area contributed by atoms with E-state index < -0.39 is 5.97 Å². The summed E-state index contributed by atoms with van der Waals surface area (Å²) in [7, 11) is 0. The molecule has 3 nitrogen and oxygen atoms in total. The number of likely N-dealkylation sites (tertiary alicyclic amines) is 1. The van der Waals surface area contributed by atoms with Crippen LogP contribution in [0.5, 0.6) is 0 Å². The fourth-order valence-electron chi connectivity index (χ4n) is 2.75. The number of carboxylic acid groups (broad SMARTS) is 1. The van der Waals surface area contributed by atoms with E-state index in [1.165, 1.54) is 0 Å². The quantitative estimate of drug-likeness (QED) is 0.919. The largest absolute Gasteiger partial charge is 0.480 e. The number of halogens is 1. The number of hydrogen-bond acceptors (Lipinski definition) is 2. The van der Waals surface area contributed by atoms with Crippen molar-refractivity contribution in [1.29, 1.82) is 0 Å². The van der Waals surface area contributed by atoms with Crippen molar-refractivity contribution >= 4 is 17.6 Å². The van der Waals surface area contributed by atoms with Gasteiger partial charge in [0, 0.05) is 11.6 Å². The molecule has 2 atom stereocenters. The van der Waals surface area contributed by atoms with Gasteiger partial charge in [-0.15, -0.1) is 0 Å². The number of aliphatic carboxylic acids is 1. The van der Waals surface area contributed by atoms with Gasteiger partial charge in [0.15, 0.2) is 0 Å². The minimum atomic E-state index is -0.717. The molecule has 104 valence electrons. The molecule has 2 unspecified atom stereocenters. The van der Waals surface area contributed by atoms with Crippen molar-refractivity contribution in [3.8, 4) is 0 Å². The Kier molecular flexibility index (Phi) is 4.83. The molecule has 0 aliphatic carbocycles. The van der Waals surface area contributed by atoms with E-state index in [9.17, 15) is 9.90 Å². The Hall–Kier alpha value is -1.06. The third kappa shape index (κ3) is 3.48. The fraction of sp³-hybridized carbons (Fsp3) is 0.533. The minimum Gasteiger partial charge on any atom is -0.480 e. The molecule has 0 amide bonds. The van der Waals surface area contributed by atoms with E-state index in [1.54, 1.807) is 0 Å². The van der Waals surface area contributed by atoms with Crippen molar-refractivity contribution in [2.75, 3.05) is 6.54 Å². The SMILES string of the molecule is CCC1CCN(Cc2ccccc2Cl)C(C(=O)O)C1. The summed E-state index contributed by atoms with van der Waals surface area (Å²) >= 11 is 6.15. The monoisotopic (exact) mass is 281 g/mol. The van der Waals surface area contributed by atoms with Crippen LogP contribution in [0.25, 0.3) is 0 Å². The first kappa shape index (κ1) is 14.4. The fourth-order valence-corrected chi connectivity index (χ4v) is 2.94. The van der Waals surface area contributed by atoms with Gasteiger partial charge >= 0.3 is 5.97 Å². The van der Waals surface area contributed by atoms with E-state index in [2.05, 4.69) is 6.92 Å². The van der Waals surface area contributed by atoms with Crippen molar-refractivity contribution in [3.05, 3.63) is 34.9 Å². The zero-order valence-electron chi connectivity index (χ0n) is 11.2. The van der Waals surface area contributed by atoms with Gasteiger partial charge in [0.25, 0.3) is 0 Å². The lowest BCUT2D eigenvalue weighted by atomic mass is 9.88. The number of benzene rings is 1. The van der Waals surface area contributed by atoms with Gasteiger partial charge in [-0.2, -0.15) is 0 Å². The molecule has 0 bridgehead atoms. The molecule has 1 aromatic rings. The number of nitrogens with zero attached hydrogens (tertiary/aromatic N) is 1. The molecule has 1 aliphatic heterocycles. The highest BCUT2D eigenvalue weighted by Crippen LogP contribution is 2.28. The Bertz CT molecular complexity index is 450.